The first-order valence-corrected chi connectivity index (χ1v) is 9.10. The predicted octanol–water partition coefficient (Wildman–Crippen LogP) is 4.49. The second-order valence-corrected chi connectivity index (χ2v) is 8.56. The number of hydrogen-bond donors (Lipinski definition) is 1. The topological polar surface area (TPSA) is 38.3 Å². The molecule has 0 heterocycles. The summed E-state index contributed by atoms with van der Waals surface area (Å²) in [5.41, 5.74) is 0.832. The van der Waals surface area contributed by atoms with Crippen LogP contribution < -0.4 is 10.1 Å². The average Bonchev–Trinajstić information content (AvgIpc) is 3.33. The SMILES string of the molecule is COc1ccc(NC(=O)C2[C@H]3CC[C@@H]4[C@H](CC[C@@H]23)C4(Cl)Cl)cc1. The lowest BCUT2D eigenvalue weighted by Gasteiger charge is -2.06. The summed E-state index contributed by atoms with van der Waals surface area (Å²) in [6, 6.07) is 7.48. The van der Waals surface area contributed by atoms with Crippen molar-refractivity contribution < 1.29 is 9.53 Å². The number of fused-ring (bicyclic) bond motifs is 2. The van der Waals surface area contributed by atoms with Gasteiger partial charge in [-0.05, 0) is 73.6 Å². The minimum absolute atomic E-state index is 0.156. The lowest BCUT2D eigenvalue weighted by atomic mass is 10.0. The Balaban J connectivity index is 1.36. The third kappa shape index (κ3) is 2.72. The number of nitrogens with one attached hydrogen (secondary N) is 1. The minimum Gasteiger partial charge on any atom is -0.497 e. The molecule has 3 saturated carbocycles. The van der Waals surface area contributed by atoms with Crippen molar-refractivity contribution in [3.63, 3.8) is 0 Å². The maximum absolute atomic E-state index is 12.5. The van der Waals surface area contributed by atoms with E-state index in [2.05, 4.69) is 5.32 Å². The molecule has 0 radical (unpaired) electrons. The van der Waals surface area contributed by atoms with Crippen LogP contribution >= 0.6 is 23.2 Å². The molecule has 0 spiro atoms. The zero-order valence-corrected chi connectivity index (χ0v) is 14.6. The zero-order chi connectivity index (χ0) is 16.2. The summed E-state index contributed by atoms with van der Waals surface area (Å²) in [5, 5.41) is 3.04. The molecule has 3 aliphatic rings. The summed E-state index contributed by atoms with van der Waals surface area (Å²) in [7, 11) is 1.63. The molecule has 1 N–H and O–H groups in total. The van der Waals surface area contributed by atoms with Gasteiger partial charge in [0.1, 0.15) is 10.1 Å². The van der Waals surface area contributed by atoms with Crippen LogP contribution in [0.25, 0.3) is 0 Å². The number of methoxy groups -OCH3 is 1. The van der Waals surface area contributed by atoms with Gasteiger partial charge >= 0.3 is 0 Å². The molecular weight excluding hydrogens is 333 g/mol. The predicted molar refractivity (Wildman–Crippen MR) is 92.0 cm³/mol. The van der Waals surface area contributed by atoms with Crippen molar-refractivity contribution in [2.75, 3.05) is 12.4 Å². The molecule has 3 nitrogen and oxygen atoms in total. The standard InChI is InChI=1S/C18H21Cl2NO2/c1-23-11-4-2-10(3-5-11)21-17(22)16-12-6-8-14-15(18(14,19)20)9-7-13(12)16/h2-5,12-16H,6-9H2,1H3,(H,21,22)/t12-,13+,14+,15-,16?. The smallest absolute Gasteiger partial charge is 0.228 e. The van der Waals surface area contributed by atoms with Crippen LogP contribution in [0.2, 0.25) is 0 Å². The van der Waals surface area contributed by atoms with Gasteiger partial charge in [-0.25, -0.2) is 0 Å². The summed E-state index contributed by atoms with van der Waals surface area (Å²) in [6.07, 6.45) is 4.28. The maximum Gasteiger partial charge on any atom is 0.228 e. The summed E-state index contributed by atoms with van der Waals surface area (Å²) in [4.78, 5) is 12.5. The number of benzene rings is 1. The molecule has 1 unspecified atom stereocenters. The molecule has 0 saturated heterocycles. The number of halogens is 2. The molecule has 5 atom stereocenters. The van der Waals surface area contributed by atoms with Gasteiger partial charge in [-0.3, -0.25) is 4.79 Å². The third-order valence-corrected chi connectivity index (χ3v) is 7.10. The minimum atomic E-state index is -0.488. The molecule has 1 amide bonds. The van der Waals surface area contributed by atoms with Gasteiger partial charge in [-0.2, -0.15) is 0 Å². The quantitative estimate of drug-likeness (QED) is 0.813. The van der Waals surface area contributed by atoms with Crippen molar-refractivity contribution in [2.45, 2.75) is 30.0 Å². The van der Waals surface area contributed by atoms with Crippen molar-refractivity contribution in [2.24, 2.45) is 29.6 Å². The number of carbonyl (C=O) groups is 1. The van der Waals surface area contributed by atoms with E-state index < -0.39 is 4.33 Å². The number of hydrogen-bond acceptors (Lipinski definition) is 2. The molecular formula is C18H21Cl2NO2. The van der Waals surface area contributed by atoms with Crippen molar-refractivity contribution in [1.82, 2.24) is 0 Å². The molecule has 0 aliphatic heterocycles. The molecule has 0 aromatic heterocycles. The Morgan fingerprint density at radius 3 is 2.17 bits per heavy atom. The molecule has 5 heteroatoms. The second-order valence-electron chi connectivity index (χ2n) is 7.11. The average molecular weight is 354 g/mol. The van der Waals surface area contributed by atoms with E-state index in [1.165, 1.54) is 0 Å². The lowest BCUT2D eigenvalue weighted by molar-refractivity contribution is -0.117. The van der Waals surface area contributed by atoms with Crippen molar-refractivity contribution in [3.05, 3.63) is 24.3 Å². The van der Waals surface area contributed by atoms with Gasteiger partial charge in [0.25, 0.3) is 0 Å². The number of carbonyl (C=O) groups excluding carboxylic acids is 1. The van der Waals surface area contributed by atoms with Gasteiger partial charge in [-0.1, -0.05) is 0 Å². The van der Waals surface area contributed by atoms with E-state index in [1.54, 1.807) is 7.11 Å². The Labute approximate surface area is 146 Å². The largest absolute Gasteiger partial charge is 0.497 e. The monoisotopic (exact) mass is 353 g/mol. The van der Waals surface area contributed by atoms with Crippen LogP contribution in [0.5, 0.6) is 5.75 Å². The molecule has 1 aromatic carbocycles. The number of alkyl halides is 2. The van der Waals surface area contributed by atoms with Crippen LogP contribution in [0.1, 0.15) is 25.7 Å². The Morgan fingerprint density at radius 1 is 1.09 bits per heavy atom. The lowest BCUT2D eigenvalue weighted by Crippen LogP contribution is -2.15. The Morgan fingerprint density at radius 2 is 1.65 bits per heavy atom. The van der Waals surface area contributed by atoms with Gasteiger partial charge < -0.3 is 10.1 Å². The molecule has 3 fully saturated rings. The highest BCUT2D eigenvalue weighted by Gasteiger charge is 2.65. The molecule has 23 heavy (non-hydrogen) atoms. The van der Waals surface area contributed by atoms with Crippen LogP contribution in [0.3, 0.4) is 0 Å². The number of anilines is 1. The molecule has 1 aromatic rings. The van der Waals surface area contributed by atoms with Crippen molar-refractivity contribution in [3.8, 4) is 5.75 Å². The third-order valence-electron chi connectivity index (χ3n) is 5.98. The summed E-state index contributed by atoms with van der Waals surface area (Å²) < 4.78 is 4.65. The first kappa shape index (κ1) is 15.6. The fraction of sp³-hybridized carbons (Fsp3) is 0.611. The van der Waals surface area contributed by atoms with Gasteiger partial charge in [0.2, 0.25) is 5.91 Å². The second kappa shape index (κ2) is 5.56. The normalized spacial score (nSPS) is 36.7. The Bertz CT molecular complexity index is 594. The Hall–Kier alpha value is -0.930. The number of rotatable bonds is 3. The highest BCUT2D eigenvalue weighted by Crippen LogP contribution is 2.67. The van der Waals surface area contributed by atoms with Gasteiger partial charge in [0.05, 0.1) is 7.11 Å². The number of amides is 1. The van der Waals surface area contributed by atoms with Crippen LogP contribution in [0.4, 0.5) is 5.69 Å². The van der Waals surface area contributed by atoms with Crippen molar-refractivity contribution in [1.29, 1.82) is 0 Å². The van der Waals surface area contributed by atoms with Gasteiger partial charge in [0, 0.05) is 11.6 Å². The van der Waals surface area contributed by atoms with Gasteiger partial charge in [-0.15, -0.1) is 23.2 Å². The van der Waals surface area contributed by atoms with E-state index in [9.17, 15) is 4.79 Å². The highest BCUT2D eigenvalue weighted by atomic mass is 35.5. The summed E-state index contributed by atoms with van der Waals surface area (Å²) in [5.74, 6) is 3.02. The van der Waals surface area contributed by atoms with Crippen LogP contribution in [0.15, 0.2) is 24.3 Å². The summed E-state index contributed by atoms with van der Waals surface area (Å²) >= 11 is 12.7. The number of ether oxygens (including phenoxy) is 1. The fourth-order valence-electron chi connectivity index (χ4n) is 4.51. The summed E-state index contributed by atoms with van der Waals surface area (Å²) in [6.45, 7) is 0. The molecule has 4 rings (SSSR count). The fourth-order valence-corrected chi connectivity index (χ4v) is 5.43. The van der Waals surface area contributed by atoms with Crippen LogP contribution in [-0.4, -0.2) is 17.4 Å². The zero-order valence-electron chi connectivity index (χ0n) is 13.1. The van der Waals surface area contributed by atoms with Crippen LogP contribution in [0, 0.1) is 29.6 Å². The van der Waals surface area contributed by atoms with E-state index in [0.29, 0.717) is 23.7 Å². The first-order chi connectivity index (χ1) is 11.0. The first-order valence-electron chi connectivity index (χ1n) is 8.35. The van der Waals surface area contributed by atoms with Gasteiger partial charge in [0.15, 0.2) is 0 Å². The van der Waals surface area contributed by atoms with E-state index in [4.69, 9.17) is 27.9 Å². The molecule has 3 aliphatic carbocycles. The maximum atomic E-state index is 12.5. The van der Waals surface area contributed by atoms with E-state index in [1.807, 2.05) is 24.3 Å². The van der Waals surface area contributed by atoms with E-state index in [-0.39, 0.29) is 11.8 Å². The van der Waals surface area contributed by atoms with E-state index in [0.717, 1.165) is 37.1 Å². The van der Waals surface area contributed by atoms with Crippen LogP contribution in [-0.2, 0) is 4.79 Å². The Kier molecular flexibility index (Phi) is 3.77. The molecule has 0 bridgehead atoms. The highest BCUT2D eigenvalue weighted by molar-refractivity contribution is 6.51. The van der Waals surface area contributed by atoms with Crippen molar-refractivity contribution >= 4 is 34.8 Å². The molecule has 124 valence electrons. The van der Waals surface area contributed by atoms with E-state index >= 15 is 0 Å².